The Morgan fingerprint density at radius 3 is 2.76 bits per heavy atom. The summed E-state index contributed by atoms with van der Waals surface area (Å²) in [6, 6.07) is 22.7. The number of aromatic amines is 1. The van der Waals surface area contributed by atoms with E-state index in [4.69, 9.17) is 19.8 Å². The first kappa shape index (κ1) is 19.7. The molecule has 1 saturated heterocycles. The summed E-state index contributed by atoms with van der Waals surface area (Å²) >= 11 is 0. The van der Waals surface area contributed by atoms with Crippen LogP contribution in [0.4, 0.5) is 5.82 Å². The van der Waals surface area contributed by atoms with E-state index in [0.29, 0.717) is 19.8 Å². The zero-order valence-electron chi connectivity index (χ0n) is 18.2. The van der Waals surface area contributed by atoms with Crippen LogP contribution >= 0.6 is 0 Å². The minimum absolute atomic E-state index is 0.497. The maximum atomic E-state index is 5.57. The van der Waals surface area contributed by atoms with Crippen LogP contribution in [0.3, 0.4) is 0 Å². The predicted octanol–water partition coefficient (Wildman–Crippen LogP) is 4.33. The SMILES string of the molecule is C(=NCc1cc(N2CCOCC2)n2nc(-c3ccccc3)cc2n1)c1cccc2cc[nH]c12. The van der Waals surface area contributed by atoms with Gasteiger partial charge in [0, 0.05) is 54.1 Å². The summed E-state index contributed by atoms with van der Waals surface area (Å²) in [6.45, 7) is 3.58. The van der Waals surface area contributed by atoms with Crippen molar-refractivity contribution >= 4 is 28.6 Å². The van der Waals surface area contributed by atoms with Gasteiger partial charge in [-0.1, -0.05) is 48.5 Å². The van der Waals surface area contributed by atoms with E-state index < -0.39 is 0 Å². The summed E-state index contributed by atoms with van der Waals surface area (Å²) < 4.78 is 7.51. The van der Waals surface area contributed by atoms with Crippen molar-refractivity contribution in [3.63, 3.8) is 0 Å². The van der Waals surface area contributed by atoms with Crippen molar-refractivity contribution in [1.82, 2.24) is 19.6 Å². The lowest BCUT2D eigenvalue weighted by Gasteiger charge is -2.29. The predicted molar refractivity (Wildman–Crippen MR) is 131 cm³/mol. The van der Waals surface area contributed by atoms with Crippen LogP contribution < -0.4 is 4.90 Å². The number of rotatable bonds is 5. The van der Waals surface area contributed by atoms with Gasteiger partial charge in [-0.05, 0) is 6.07 Å². The Morgan fingerprint density at radius 2 is 1.88 bits per heavy atom. The summed E-state index contributed by atoms with van der Waals surface area (Å²) in [6.07, 6.45) is 3.88. The van der Waals surface area contributed by atoms with Crippen molar-refractivity contribution in [1.29, 1.82) is 0 Å². The number of benzene rings is 2. The second-order valence-electron chi connectivity index (χ2n) is 8.13. The van der Waals surface area contributed by atoms with Crippen molar-refractivity contribution in [3.8, 4) is 11.3 Å². The number of H-pyrrole nitrogens is 1. The number of fused-ring (bicyclic) bond motifs is 2. The highest BCUT2D eigenvalue weighted by molar-refractivity contribution is 5.97. The van der Waals surface area contributed by atoms with E-state index in [-0.39, 0.29) is 0 Å². The van der Waals surface area contributed by atoms with Gasteiger partial charge in [-0.3, -0.25) is 4.99 Å². The lowest BCUT2D eigenvalue weighted by atomic mass is 10.1. The molecule has 1 aliphatic heterocycles. The van der Waals surface area contributed by atoms with Gasteiger partial charge < -0.3 is 14.6 Å². The molecule has 7 heteroatoms. The number of anilines is 1. The van der Waals surface area contributed by atoms with E-state index in [2.05, 4.69) is 52.3 Å². The van der Waals surface area contributed by atoms with Crippen LogP contribution in [-0.2, 0) is 11.3 Å². The molecule has 0 atom stereocenters. The summed E-state index contributed by atoms with van der Waals surface area (Å²) in [5, 5.41) is 6.07. The smallest absolute Gasteiger partial charge is 0.158 e. The number of aliphatic imine (C=N–C) groups is 1. The molecule has 164 valence electrons. The van der Waals surface area contributed by atoms with E-state index in [1.807, 2.05) is 41.2 Å². The monoisotopic (exact) mass is 436 g/mol. The molecule has 33 heavy (non-hydrogen) atoms. The number of aromatic nitrogens is 4. The van der Waals surface area contributed by atoms with Gasteiger partial charge in [0.15, 0.2) is 5.65 Å². The van der Waals surface area contributed by atoms with Crippen LogP contribution in [0, 0.1) is 0 Å². The van der Waals surface area contributed by atoms with Crippen molar-refractivity contribution in [2.45, 2.75) is 6.54 Å². The fourth-order valence-corrected chi connectivity index (χ4v) is 4.31. The van der Waals surface area contributed by atoms with Gasteiger partial charge in [0.05, 0.1) is 36.7 Å². The molecule has 6 rings (SSSR count). The van der Waals surface area contributed by atoms with E-state index in [0.717, 1.165) is 52.6 Å². The fourth-order valence-electron chi connectivity index (χ4n) is 4.31. The minimum atomic E-state index is 0.497. The third-order valence-electron chi connectivity index (χ3n) is 5.97. The number of morpholine rings is 1. The van der Waals surface area contributed by atoms with E-state index in [1.165, 1.54) is 5.39 Å². The quantitative estimate of drug-likeness (QED) is 0.416. The first-order chi connectivity index (χ1) is 16.3. The van der Waals surface area contributed by atoms with Gasteiger partial charge in [-0.2, -0.15) is 9.61 Å². The third-order valence-corrected chi connectivity index (χ3v) is 5.97. The first-order valence-corrected chi connectivity index (χ1v) is 11.2. The highest BCUT2D eigenvalue weighted by atomic mass is 16.5. The Kier molecular flexibility index (Phi) is 5.08. The number of hydrogen-bond donors (Lipinski definition) is 1. The molecule has 0 saturated carbocycles. The van der Waals surface area contributed by atoms with Crippen LogP contribution in [0.5, 0.6) is 0 Å². The molecule has 1 aliphatic rings. The summed E-state index contributed by atoms with van der Waals surface area (Å²) in [5.74, 6) is 1.03. The molecular formula is C26H24N6O. The van der Waals surface area contributed by atoms with Gasteiger partial charge in [-0.25, -0.2) is 4.98 Å². The topological polar surface area (TPSA) is 70.8 Å². The second-order valence-corrected chi connectivity index (χ2v) is 8.13. The van der Waals surface area contributed by atoms with E-state index in [9.17, 15) is 0 Å². The molecule has 4 heterocycles. The van der Waals surface area contributed by atoms with Gasteiger partial charge in [0.25, 0.3) is 0 Å². The molecule has 1 fully saturated rings. The van der Waals surface area contributed by atoms with Crippen LogP contribution in [-0.4, -0.2) is 52.1 Å². The molecule has 5 aromatic rings. The second kappa shape index (κ2) is 8.52. The Labute approximate surface area is 191 Å². The van der Waals surface area contributed by atoms with Crippen LogP contribution in [0.1, 0.15) is 11.3 Å². The molecule has 7 nitrogen and oxygen atoms in total. The highest BCUT2D eigenvalue weighted by Gasteiger charge is 2.18. The molecule has 2 aromatic carbocycles. The van der Waals surface area contributed by atoms with Gasteiger partial charge in [-0.15, -0.1) is 0 Å². The number of hydrogen-bond acceptors (Lipinski definition) is 5. The summed E-state index contributed by atoms with van der Waals surface area (Å²) in [5.41, 5.74) is 5.91. The lowest BCUT2D eigenvalue weighted by Crippen LogP contribution is -2.37. The average Bonchev–Trinajstić information content (AvgIpc) is 3.52. The van der Waals surface area contributed by atoms with Crippen LogP contribution in [0.25, 0.3) is 27.8 Å². The van der Waals surface area contributed by atoms with Crippen molar-refractivity contribution in [2.75, 3.05) is 31.2 Å². The summed E-state index contributed by atoms with van der Waals surface area (Å²) in [7, 11) is 0. The Morgan fingerprint density at radius 1 is 1.00 bits per heavy atom. The average molecular weight is 437 g/mol. The normalized spacial score (nSPS) is 14.6. The Bertz CT molecular complexity index is 1430. The number of nitrogens with zero attached hydrogens (tertiary/aromatic N) is 5. The largest absolute Gasteiger partial charge is 0.378 e. The molecule has 0 unspecified atom stereocenters. The lowest BCUT2D eigenvalue weighted by molar-refractivity contribution is 0.122. The van der Waals surface area contributed by atoms with Crippen molar-refractivity contribution in [2.24, 2.45) is 4.99 Å². The molecule has 0 bridgehead atoms. The maximum Gasteiger partial charge on any atom is 0.158 e. The molecule has 0 radical (unpaired) electrons. The van der Waals surface area contributed by atoms with Gasteiger partial charge in [0.1, 0.15) is 5.82 Å². The molecule has 3 aromatic heterocycles. The van der Waals surface area contributed by atoms with Crippen molar-refractivity contribution < 1.29 is 4.74 Å². The molecule has 0 aliphatic carbocycles. The maximum absolute atomic E-state index is 5.57. The number of para-hydroxylation sites is 1. The molecule has 1 N–H and O–H groups in total. The van der Waals surface area contributed by atoms with E-state index >= 15 is 0 Å². The van der Waals surface area contributed by atoms with Gasteiger partial charge in [0.2, 0.25) is 0 Å². The zero-order valence-corrected chi connectivity index (χ0v) is 18.2. The number of nitrogens with one attached hydrogen (secondary N) is 1. The minimum Gasteiger partial charge on any atom is -0.378 e. The fraction of sp³-hybridized carbons (Fsp3) is 0.192. The van der Waals surface area contributed by atoms with Gasteiger partial charge >= 0.3 is 0 Å². The Balaban J connectivity index is 1.36. The van der Waals surface area contributed by atoms with Crippen LogP contribution in [0.2, 0.25) is 0 Å². The first-order valence-electron chi connectivity index (χ1n) is 11.2. The zero-order chi connectivity index (χ0) is 22.0. The molecule has 0 spiro atoms. The third kappa shape index (κ3) is 3.87. The van der Waals surface area contributed by atoms with Crippen molar-refractivity contribution in [3.05, 3.63) is 84.2 Å². The standard InChI is InChI=1S/C26H24N6O/c1-2-5-19(6-3-1)23-16-24-29-22(15-25(32(24)30-23)31-11-13-33-14-12-31)18-27-17-21-8-4-7-20-9-10-28-26(20)21/h1-10,15-17,28H,11-14,18H2. The highest BCUT2D eigenvalue weighted by Crippen LogP contribution is 2.24. The van der Waals surface area contributed by atoms with E-state index in [1.54, 1.807) is 0 Å². The molecular weight excluding hydrogens is 412 g/mol. The Hall–Kier alpha value is -3.97. The number of ether oxygens (including phenoxy) is 1. The summed E-state index contributed by atoms with van der Waals surface area (Å²) in [4.78, 5) is 15.2. The van der Waals surface area contributed by atoms with Crippen LogP contribution in [0.15, 0.2) is 77.9 Å². The molecule has 0 amide bonds.